The van der Waals surface area contributed by atoms with Crippen LogP contribution in [0.1, 0.15) is 24.0 Å². The number of carbonyl (C=O) groups excluding carboxylic acids is 2. The summed E-state index contributed by atoms with van der Waals surface area (Å²) in [6.07, 6.45) is 1.19. The highest BCUT2D eigenvalue weighted by Gasteiger charge is 2.52. The molecule has 162 valence electrons. The van der Waals surface area contributed by atoms with Crippen molar-refractivity contribution in [3.05, 3.63) is 59.7 Å². The molecule has 0 bridgehead atoms. The number of nitrogens with two attached hydrogens (primary N) is 2. The summed E-state index contributed by atoms with van der Waals surface area (Å²) in [5.41, 5.74) is 11.2. The number of benzene rings is 2. The smallest absolute Gasteiger partial charge is 0.264 e. The van der Waals surface area contributed by atoms with Crippen LogP contribution in [-0.4, -0.2) is 53.5 Å². The summed E-state index contributed by atoms with van der Waals surface area (Å²) in [7, 11) is 0. The molecule has 0 saturated carbocycles. The third-order valence-corrected chi connectivity index (χ3v) is 5.71. The minimum atomic E-state index is -1.83. The first kappa shape index (κ1) is 20.7. The van der Waals surface area contributed by atoms with Crippen LogP contribution < -0.4 is 16.8 Å². The van der Waals surface area contributed by atoms with Gasteiger partial charge in [0.25, 0.3) is 5.91 Å². The van der Waals surface area contributed by atoms with Crippen LogP contribution in [0, 0.1) is 0 Å². The fraction of sp³-hybridized carbons (Fsp3) is 0.318. The van der Waals surface area contributed by atoms with E-state index in [2.05, 4.69) is 10.5 Å². The van der Waals surface area contributed by atoms with Crippen molar-refractivity contribution < 1.29 is 19.5 Å². The molecule has 1 saturated heterocycles. The summed E-state index contributed by atoms with van der Waals surface area (Å²) >= 11 is 0. The van der Waals surface area contributed by atoms with Gasteiger partial charge in [-0.3, -0.25) is 9.59 Å². The number of hydrogen-bond acceptors (Lipinski definition) is 5. The number of rotatable bonds is 6. The summed E-state index contributed by atoms with van der Waals surface area (Å²) in [5.74, 6) is -0.995. The molecular weight excluding hydrogens is 398 g/mol. The van der Waals surface area contributed by atoms with Crippen LogP contribution in [0.3, 0.4) is 0 Å². The lowest BCUT2D eigenvalue weighted by Crippen LogP contribution is -2.53. The number of carbonyl (C=O) groups is 2. The van der Waals surface area contributed by atoms with Crippen LogP contribution in [0.4, 0.5) is 0 Å². The molecule has 1 aliphatic heterocycles. The fourth-order valence-corrected chi connectivity index (χ4v) is 4.39. The second-order valence-corrected chi connectivity index (χ2v) is 7.60. The quantitative estimate of drug-likeness (QED) is 0.226. The lowest BCUT2D eigenvalue weighted by atomic mass is 9.89. The number of likely N-dealkylation sites (tertiary alicyclic amines) is 1. The Morgan fingerprint density at radius 3 is 2.35 bits per heavy atom. The van der Waals surface area contributed by atoms with Gasteiger partial charge in [0.2, 0.25) is 11.9 Å². The summed E-state index contributed by atoms with van der Waals surface area (Å²) in [4.78, 5) is 32.8. The average molecular weight is 423 g/mol. The average Bonchev–Trinajstić information content (AvgIpc) is 3.36. The Morgan fingerprint density at radius 2 is 1.74 bits per heavy atom. The Kier molecular flexibility index (Phi) is 5.51. The molecule has 2 aliphatic rings. The Hall–Kier alpha value is -3.59. The van der Waals surface area contributed by atoms with E-state index in [-0.39, 0.29) is 25.0 Å². The van der Waals surface area contributed by atoms with E-state index >= 15 is 0 Å². The van der Waals surface area contributed by atoms with Crippen LogP contribution in [-0.2, 0) is 20.0 Å². The molecule has 0 aromatic heterocycles. The van der Waals surface area contributed by atoms with E-state index in [1.807, 2.05) is 24.3 Å². The number of nitrogens with zero attached hydrogens (tertiary/aromatic N) is 2. The molecule has 2 aromatic carbocycles. The van der Waals surface area contributed by atoms with Crippen LogP contribution in [0.2, 0.25) is 0 Å². The summed E-state index contributed by atoms with van der Waals surface area (Å²) in [5, 5.41) is 17.9. The van der Waals surface area contributed by atoms with Gasteiger partial charge < -0.3 is 31.6 Å². The highest BCUT2D eigenvalue weighted by Crippen LogP contribution is 2.48. The number of nitrogens with one attached hydrogen (secondary N) is 1. The largest absolute Gasteiger partial charge is 0.391 e. The van der Waals surface area contributed by atoms with Crippen molar-refractivity contribution in [1.82, 2.24) is 10.2 Å². The van der Waals surface area contributed by atoms with Gasteiger partial charge in [-0.05, 0) is 29.1 Å². The van der Waals surface area contributed by atoms with Gasteiger partial charge in [-0.2, -0.15) is 0 Å². The van der Waals surface area contributed by atoms with Gasteiger partial charge in [0.1, 0.15) is 12.6 Å². The van der Waals surface area contributed by atoms with E-state index in [0.29, 0.717) is 30.5 Å². The minimum absolute atomic E-state index is 0.0923. The number of fused-ring (bicyclic) bond motifs is 3. The predicted octanol–water partition coefficient (Wildman–Crippen LogP) is 0.215. The second-order valence-electron chi connectivity index (χ2n) is 7.60. The predicted molar refractivity (Wildman–Crippen MR) is 114 cm³/mol. The normalized spacial score (nSPS) is 18.1. The molecule has 2 aromatic rings. The van der Waals surface area contributed by atoms with E-state index in [0.717, 1.165) is 11.1 Å². The van der Waals surface area contributed by atoms with Crippen molar-refractivity contribution in [2.75, 3.05) is 19.7 Å². The van der Waals surface area contributed by atoms with Crippen molar-refractivity contribution in [1.29, 1.82) is 0 Å². The lowest BCUT2D eigenvalue weighted by Gasteiger charge is -2.32. The maximum Gasteiger partial charge on any atom is 0.264 e. The number of amides is 2. The number of aliphatic hydroxyl groups is 1. The first-order valence-corrected chi connectivity index (χ1v) is 10.2. The standard InChI is InChI=1S/C22H25N5O4/c23-21(24)26-31-13-11-25-19(28)18-10-5-12-27(18)20(29)22(30)16-8-3-1-6-14(16)15-7-2-4-9-17(15)22/h1-4,6-9,18,30H,5,10-13H2,(H,25,28)(H4,23,24,26)/t18-/m0/s1. The summed E-state index contributed by atoms with van der Waals surface area (Å²) in [6, 6.07) is 14.0. The van der Waals surface area contributed by atoms with Gasteiger partial charge in [0.05, 0.1) is 6.54 Å². The highest BCUT2D eigenvalue weighted by molar-refractivity contribution is 6.00. The van der Waals surface area contributed by atoms with E-state index in [4.69, 9.17) is 16.3 Å². The Balaban J connectivity index is 1.55. The molecular formula is C22H25N5O4. The fourth-order valence-electron chi connectivity index (χ4n) is 4.39. The Morgan fingerprint density at radius 1 is 1.13 bits per heavy atom. The van der Waals surface area contributed by atoms with Crippen LogP contribution in [0.25, 0.3) is 11.1 Å². The molecule has 1 heterocycles. The number of hydrogen-bond donors (Lipinski definition) is 4. The zero-order chi connectivity index (χ0) is 22.0. The summed E-state index contributed by atoms with van der Waals surface area (Å²) < 4.78 is 0. The zero-order valence-electron chi connectivity index (χ0n) is 17.0. The highest BCUT2D eigenvalue weighted by atomic mass is 16.6. The number of guanidine groups is 1. The van der Waals surface area contributed by atoms with Crippen molar-refractivity contribution in [3.63, 3.8) is 0 Å². The molecule has 31 heavy (non-hydrogen) atoms. The molecule has 2 amide bonds. The zero-order valence-corrected chi connectivity index (χ0v) is 17.0. The van der Waals surface area contributed by atoms with Crippen molar-refractivity contribution >= 4 is 17.8 Å². The molecule has 0 spiro atoms. The van der Waals surface area contributed by atoms with Gasteiger partial charge in [-0.15, -0.1) is 0 Å². The van der Waals surface area contributed by atoms with E-state index in [9.17, 15) is 14.7 Å². The van der Waals surface area contributed by atoms with E-state index < -0.39 is 17.6 Å². The lowest BCUT2D eigenvalue weighted by molar-refractivity contribution is -0.151. The van der Waals surface area contributed by atoms with Crippen LogP contribution in [0.15, 0.2) is 53.7 Å². The van der Waals surface area contributed by atoms with Crippen molar-refractivity contribution in [2.45, 2.75) is 24.5 Å². The van der Waals surface area contributed by atoms with E-state index in [1.165, 1.54) is 4.90 Å². The first-order valence-electron chi connectivity index (χ1n) is 10.2. The third kappa shape index (κ3) is 3.57. The van der Waals surface area contributed by atoms with Crippen molar-refractivity contribution in [3.8, 4) is 11.1 Å². The first-order chi connectivity index (χ1) is 14.9. The molecule has 4 rings (SSSR count). The van der Waals surface area contributed by atoms with Gasteiger partial charge in [-0.25, -0.2) is 0 Å². The van der Waals surface area contributed by atoms with Gasteiger partial charge in [-0.1, -0.05) is 48.5 Å². The Labute approximate surface area is 179 Å². The SMILES string of the molecule is NC(N)=NOCCNC(=O)[C@@H]1CCCN1C(=O)C1(O)c2ccccc2-c2ccccc21. The van der Waals surface area contributed by atoms with Crippen LogP contribution >= 0.6 is 0 Å². The number of oxime groups is 1. The maximum atomic E-state index is 13.7. The molecule has 9 heteroatoms. The van der Waals surface area contributed by atoms with Gasteiger partial charge >= 0.3 is 0 Å². The molecule has 6 N–H and O–H groups in total. The molecule has 0 radical (unpaired) electrons. The van der Waals surface area contributed by atoms with E-state index in [1.54, 1.807) is 24.3 Å². The Bertz CT molecular complexity index is 989. The molecule has 1 atom stereocenters. The summed E-state index contributed by atoms with van der Waals surface area (Å²) in [6.45, 7) is 0.674. The molecule has 1 fully saturated rings. The van der Waals surface area contributed by atoms with Crippen molar-refractivity contribution in [2.24, 2.45) is 16.6 Å². The third-order valence-electron chi connectivity index (χ3n) is 5.71. The second kappa shape index (κ2) is 8.27. The molecule has 0 unspecified atom stereocenters. The topological polar surface area (TPSA) is 143 Å². The van der Waals surface area contributed by atoms with Gasteiger partial charge in [0, 0.05) is 17.7 Å². The monoisotopic (exact) mass is 423 g/mol. The minimum Gasteiger partial charge on any atom is -0.391 e. The molecule has 1 aliphatic carbocycles. The molecule has 9 nitrogen and oxygen atoms in total. The maximum absolute atomic E-state index is 13.7. The van der Waals surface area contributed by atoms with Crippen LogP contribution in [0.5, 0.6) is 0 Å². The van der Waals surface area contributed by atoms with Gasteiger partial charge in [0.15, 0.2) is 5.60 Å².